The maximum absolute atomic E-state index is 5.66. The summed E-state index contributed by atoms with van der Waals surface area (Å²) in [6.45, 7) is 11.9. The highest BCUT2D eigenvalue weighted by atomic mass is 16.5. The fourth-order valence-electron chi connectivity index (χ4n) is 5.38. The lowest BCUT2D eigenvalue weighted by Crippen LogP contribution is -2.44. The summed E-state index contributed by atoms with van der Waals surface area (Å²) < 4.78 is 13.2. The standard InChI is InChI=1S/C24H36N4O2/c1-5-28-16-21(19(2)25-28)15-27-13-11-24(18-27)10-7-12-26(17-24)14-20-8-6-9-22(29-3)23(20)30-4/h6,8-9,16H,5,7,10-15,17-18H2,1-4H3. The molecule has 2 fully saturated rings. The zero-order chi connectivity index (χ0) is 21.1. The smallest absolute Gasteiger partial charge is 0.165 e. The van der Waals surface area contributed by atoms with Gasteiger partial charge in [-0.05, 0) is 57.7 Å². The maximum Gasteiger partial charge on any atom is 0.165 e. The molecule has 6 nitrogen and oxygen atoms in total. The Morgan fingerprint density at radius 2 is 1.77 bits per heavy atom. The Bertz CT molecular complexity index is 865. The van der Waals surface area contributed by atoms with Crippen molar-refractivity contribution in [1.29, 1.82) is 0 Å². The summed E-state index contributed by atoms with van der Waals surface area (Å²) in [5.41, 5.74) is 4.18. The predicted molar refractivity (Wildman–Crippen MR) is 119 cm³/mol. The van der Waals surface area contributed by atoms with E-state index in [0.717, 1.165) is 44.2 Å². The number of aromatic nitrogens is 2. The second kappa shape index (κ2) is 8.98. The van der Waals surface area contributed by atoms with Gasteiger partial charge in [0, 0.05) is 50.0 Å². The molecule has 1 aromatic heterocycles. The molecule has 2 saturated heterocycles. The van der Waals surface area contributed by atoms with Crippen LogP contribution in [-0.2, 0) is 19.6 Å². The lowest BCUT2D eigenvalue weighted by molar-refractivity contribution is 0.0859. The number of aryl methyl sites for hydroxylation is 2. The van der Waals surface area contributed by atoms with Gasteiger partial charge in [0.2, 0.25) is 0 Å². The van der Waals surface area contributed by atoms with Crippen molar-refractivity contribution in [2.24, 2.45) is 5.41 Å². The van der Waals surface area contributed by atoms with Crippen LogP contribution < -0.4 is 9.47 Å². The Balaban J connectivity index is 1.41. The SMILES string of the molecule is CCn1cc(CN2CCC3(CCCN(Cc4cccc(OC)c4OC)C3)C2)c(C)n1. The summed E-state index contributed by atoms with van der Waals surface area (Å²) >= 11 is 0. The zero-order valence-corrected chi connectivity index (χ0v) is 19.0. The predicted octanol–water partition coefficient (Wildman–Crippen LogP) is 3.72. The van der Waals surface area contributed by atoms with Gasteiger partial charge in [-0.15, -0.1) is 0 Å². The highest BCUT2D eigenvalue weighted by Gasteiger charge is 2.41. The first-order valence-corrected chi connectivity index (χ1v) is 11.2. The van der Waals surface area contributed by atoms with Crippen LogP contribution in [0.5, 0.6) is 11.5 Å². The van der Waals surface area contributed by atoms with Gasteiger partial charge in [-0.1, -0.05) is 12.1 Å². The second-order valence-corrected chi connectivity index (χ2v) is 9.02. The third-order valence-electron chi connectivity index (χ3n) is 6.90. The second-order valence-electron chi connectivity index (χ2n) is 9.02. The van der Waals surface area contributed by atoms with Gasteiger partial charge in [0.15, 0.2) is 11.5 Å². The Kier molecular flexibility index (Phi) is 6.34. The van der Waals surface area contributed by atoms with E-state index in [1.165, 1.54) is 49.2 Å². The largest absolute Gasteiger partial charge is 0.493 e. The van der Waals surface area contributed by atoms with E-state index < -0.39 is 0 Å². The van der Waals surface area contributed by atoms with Gasteiger partial charge in [0.05, 0.1) is 19.9 Å². The van der Waals surface area contributed by atoms with E-state index in [9.17, 15) is 0 Å². The summed E-state index contributed by atoms with van der Waals surface area (Å²) in [7, 11) is 3.44. The van der Waals surface area contributed by atoms with E-state index in [-0.39, 0.29) is 0 Å². The molecular formula is C24H36N4O2. The molecule has 4 rings (SSSR count). The lowest BCUT2D eigenvalue weighted by atomic mass is 9.79. The fraction of sp³-hybridized carbons (Fsp3) is 0.625. The average Bonchev–Trinajstić information content (AvgIpc) is 3.30. The van der Waals surface area contributed by atoms with E-state index in [4.69, 9.17) is 9.47 Å². The lowest BCUT2D eigenvalue weighted by Gasteiger charge is -2.40. The average molecular weight is 413 g/mol. The number of rotatable bonds is 7. The summed E-state index contributed by atoms with van der Waals surface area (Å²) in [5.74, 6) is 1.69. The molecule has 1 unspecified atom stereocenters. The molecule has 2 aliphatic rings. The van der Waals surface area contributed by atoms with Crippen molar-refractivity contribution in [3.63, 3.8) is 0 Å². The molecule has 6 heteroatoms. The van der Waals surface area contributed by atoms with Gasteiger partial charge in [-0.3, -0.25) is 14.5 Å². The summed E-state index contributed by atoms with van der Waals surface area (Å²) in [6.07, 6.45) is 6.12. The van der Waals surface area contributed by atoms with E-state index in [2.05, 4.69) is 51.8 Å². The minimum atomic E-state index is 0.416. The topological polar surface area (TPSA) is 42.8 Å². The normalized spacial score (nSPS) is 22.7. The van der Waals surface area contributed by atoms with Crippen LogP contribution in [0.4, 0.5) is 0 Å². The Labute approximate surface area is 180 Å². The van der Waals surface area contributed by atoms with Crippen molar-refractivity contribution in [2.45, 2.75) is 52.7 Å². The minimum Gasteiger partial charge on any atom is -0.493 e. The molecular weight excluding hydrogens is 376 g/mol. The van der Waals surface area contributed by atoms with Crippen molar-refractivity contribution in [3.8, 4) is 11.5 Å². The molecule has 0 radical (unpaired) electrons. The number of para-hydroxylation sites is 1. The van der Waals surface area contributed by atoms with Gasteiger partial charge in [0.25, 0.3) is 0 Å². The van der Waals surface area contributed by atoms with Crippen molar-refractivity contribution in [2.75, 3.05) is 40.4 Å². The molecule has 0 N–H and O–H groups in total. The number of ether oxygens (including phenoxy) is 2. The van der Waals surface area contributed by atoms with Crippen molar-refractivity contribution >= 4 is 0 Å². The molecule has 0 aliphatic carbocycles. The van der Waals surface area contributed by atoms with Gasteiger partial charge >= 0.3 is 0 Å². The molecule has 1 spiro atoms. The Hall–Kier alpha value is -2.05. The van der Waals surface area contributed by atoms with Crippen LogP contribution in [0.15, 0.2) is 24.4 Å². The summed E-state index contributed by atoms with van der Waals surface area (Å²) in [5, 5.41) is 4.62. The quantitative estimate of drug-likeness (QED) is 0.693. The van der Waals surface area contributed by atoms with Crippen molar-refractivity contribution in [3.05, 3.63) is 41.2 Å². The minimum absolute atomic E-state index is 0.416. The van der Waals surface area contributed by atoms with E-state index in [1.54, 1.807) is 14.2 Å². The van der Waals surface area contributed by atoms with Crippen LogP contribution in [0.2, 0.25) is 0 Å². The van der Waals surface area contributed by atoms with Crippen LogP contribution >= 0.6 is 0 Å². The first-order valence-electron chi connectivity index (χ1n) is 11.2. The van der Waals surface area contributed by atoms with E-state index in [0.29, 0.717) is 5.41 Å². The number of hydrogen-bond donors (Lipinski definition) is 0. The Morgan fingerprint density at radius 1 is 1.00 bits per heavy atom. The van der Waals surface area contributed by atoms with Gasteiger partial charge in [0.1, 0.15) is 0 Å². The van der Waals surface area contributed by atoms with Crippen LogP contribution in [0.25, 0.3) is 0 Å². The number of methoxy groups -OCH3 is 2. The molecule has 164 valence electrons. The highest BCUT2D eigenvalue weighted by molar-refractivity contribution is 5.46. The molecule has 1 atom stereocenters. The van der Waals surface area contributed by atoms with E-state index in [1.807, 2.05) is 6.07 Å². The summed E-state index contributed by atoms with van der Waals surface area (Å²) in [6, 6.07) is 6.20. The fourth-order valence-corrected chi connectivity index (χ4v) is 5.38. The van der Waals surface area contributed by atoms with Crippen LogP contribution in [-0.4, -0.2) is 60.0 Å². The van der Waals surface area contributed by atoms with Crippen molar-refractivity contribution in [1.82, 2.24) is 19.6 Å². The monoisotopic (exact) mass is 412 g/mol. The molecule has 30 heavy (non-hydrogen) atoms. The molecule has 0 amide bonds. The highest BCUT2D eigenvalue weighted by Crippen LogP contribution is 2.41. The number of nitrogens with zero attached hydrogens (tertiary/aromatic N) is 4. The number of piperidine rings is 1. The molecule has 2 aromatic rings. The molecule has 0 saturated carbocycles. The third-order valence-corrected chi connectivity index (χ3v) is 6.90. The molecule has 3 heterocycles. The van der Waals surface area contributed by atoms with Crippen molar-refractivity contribution < 1.29 is 9.47 Å². The van der Waals surface area contributed by atoms with Gasteiger partial charge < -0.3 is 9.47 Å². The van der Waals surface area contributed by atoms with Crippen LogP contribution in [0, 0.1) is 12.3 Å². The molecule has 0 bridgehead atoms. The number of likely N-dealkylation sites (tertiary alicyclic amines) is 2. The number of benzene rings is 1. The van der Waals surface area contributed by atoms with Crippen LogP contribution in [0.3, 0.4) is 0 Å². The van der Waals surface area contributed by atoms with Gasteiger partial charge in [-0.25, -0.2) is 0 Å². The van der Waals surface area contributed by atoms with Crippen LogP contribution in [0.1, 0.15) is 43.0 Å². The first kappa shape index (κ1) is 21.2. The van der Waals surface area contributed by atoms with Gasteiger partial charge in [-0.2, -0.15) is 5.10 Å². The first-order chi connectivity index (χ1) is 14.6. The third kappa shape index (κ3) is 4.35. The number of hydrogen-bond acceptors (Lipinski definition) is 5. The zero-order valence-electron chi connectivity index (χ0n) is 19.0. The summed E-state index contributed by atoms with van der Waals surface area (Å²) in [4.78, 5) is 5.25. The maximum atomic E-state index is 5.66. The van der Waals surface area contributed by atoms with E-state index >= 15 is 0 Å². The molecule has 1 aromatic carbocycles. The Morgan fingerprint density at radius 3 is 2.47 bits per heavy atom. The molecule has 2 aliphatic heterocycles.